The van der Waals surface area contributed by atoms with Crippen LogP contribution in [0.4, 0.5) is 11.5 Å². The Bertz CT molecular complexity index is 673. The lowest BCUT2D eigenvalue weighted by atomic mass is 10.1. The lowest BCUT2D eigenvalue weighted by Gasteiger charge is -2.09. The SMILES string of the molecule is COC(=O)c1cccnc1NCc1ccccc1[N+](=O)[O-]. The van der Waals surface area contributed by atoms with E-state index in [4.69, 9.17) is 0 Å². The molecule has 2 aromatic rings. The van der Waals surface area contributed by atoms with Crippen LogP contribution >= 0.6 is 0 Å². The van der Waals surface area contributed by atoms with E-state index in [2.05, 4.69) is 15.0 Å². The van der Waals surface area contributed by atoms with E-state index in [9.17, 15) is 14.9 Å². The van der Waals surface area contributed by atoms with Crippen molar-refractivity contribution in [2.75, 3.05) is 12.4 Å². The third-order valence-electron chi connectivity index (χ3n) is 2.85. The zero-order chi connectivity index (χ0) is 15.2. The molecule has 0 unspecified atom stereocenters. The lowest BCUT2D eigenvalue weighted by Crippen LogP contribution is -2.10. The summed E-state index contributed by atoms with van der Waals surface area (Å²) in [5, 5.41) is 13.9. The van der Waals surface area contributed by atoms with Crippen LogP contribution in [0, 0.1) is 10.1 Å². The summed E-state index contributed by atoms with van der Waals surface area (Å²) >= 11 is 0. The molecule has 0 amide bonds. The van der Waals surface area contributed by atoms with Crippen molar-refractivity contribution in [3.63, 3.8) is 0 Å². The van der Waals surface area contributed by atoms with Crippen molar-refractivity contribution in [3.05, 3.63) is 63.8 Å². The van der Waals surface area contributed by atoms with Crippen molar-refractivity contribution in [2.45, 2.75) is 6.54 Å². The third-order valence-corrected chi connectivity index (χ3v) is 2.85. The molecule has 1 heterocycles. The van der Waals surface area contributed by atoms with E-state index in [1.165, 1.54) is 19.4 Å². The zero-order valence-electron chi connectivity index (χ0n) is 11.3. The van der Waals surface area contributed by atoms with Crippen LogP contribution in [-0.4, -0.2) is 23.0 Å². The molecule has 2 rings (SSSR count). The van der Waals surface area contributed by atoms with Crippen LogP contribution in [0.25, 0.3) is 0 Å². The number of pyridine rings is 1. The molecule has 0 radical (unpaired) electrons. The van der Waals surface area contributed by atoms with Gasteiger partial charge >= 0.3 is 5.97 Å². The van der Waals surface area contributed by atoms with E-state index >= 15 is 0 Å². The second kappa shape index (κ2) is 6.47. The van der Waals surface area contributed by atoms with E-state index in [1.54, 1.807) is 30.3 Å². The number of nitrogens with zero attached hydrogens (tertiary/aromatic N) is 2. The van der Waals surface area contributed by atoms with E-state index in [0.717, 1.165) is 0 Å². The van der Waals surface area contributed by atoms with E-state index < -0.39 is 10.9 Å². The summed E-state index contributed by atoms with van der Waals surface area (Å²) in [5.74, 6) is -0.198. The number of benzene rings is 1. The standard InChI is InChI=1S/C14H13N3O4/c1-21-14(18)11-6-4-8-15-13(11)16-9-10-5-2-3-7-12(10)17(19)20/h2-8H,9H2,1H3,(H,15,16). The number of anilines is 1. The van der Waals surface area contributed by atoms with Gasteiger partial charge in [0.2, 0.25) is 0 Å². The second-order valence-electron chi connectivity index (χ2n) is 4.13. The predicted octanol–water partition coefficient (Wildman–Crippen LogP) is 2.39. The Morgan fingerprint density at radius 1 is 1.33 bits per heavy atom. The summed E-state index contributed by atoms with van der Waals surface area (Å²) in [5.41, 5.74) is 0.795. The molecule has 0 bridgehead atoms. The average molecular weight is 287 g/mol. The van der Waals surface area contributed by atoms with Gasteiger partial charge in [-0.3, -0.25) is 10.1 Å². The molecule has 7 nitrogen and oxygen atoms in total. The lowest BCUT2D eigenvalue weighted by molar-refractivity contribution is -0.385. The maximum absolute atomic E-state index is 11.6. The highest BCUT2D eigenvalue weighted by atomic mass is 16.6. The molecule has 0 atom stereocenters. The van der Waals surface area contributed by atoms with Crippen molar-refractivity contribution in [1.82, 2.24) is 4.98 Å². The smallest absolute Gasteiger partial charge is 0.341 e. The molecular formula is C14H13N3O4. The first kappa shape index (κ1) is 14.4. The molecule has 0 aliphatic heterocycles. The van der Waals surface area contributed by atoms with E-state index in [-0.39, 0.29) is 17.8 Å². The van der Waals surface area contributed by atoms with Gasteiger partial charge in [-0.15, -0.1) is 0 Å². The number of carbonyl (C=O) groups excluding carboxylic acids is 1. The highest BCUT2D eigenvalue weighted by Gasteiger charge is 2.15. The average Bonchev–Trinajstić information content (AvgIpc) is 2.52. The van der Waals surface area contributed by atoms with Gasteiger partial charge in [-0.2, -0.15) is 0 Å². The minimum absolute atomic E-state index is 0.0144. The monoisotopic (exact) mass is 287 g/mol. The van der Waals surface area contributed by atoms with Gasteiger partial charge < -0.3 is 10.1 Å². The number of ether oxygens (including phenoxy) is 1. The molecule has 0 fully saturated rings. The van der Waals surface area contributed by atoms with Crippen LogP contribution in [0.3, 0.4) is 0 Å². The minimum Gasteiger partial charge on any atom is -0.465 e. The van der Waals surface area contributed by atoms with Gasteiger partial charge in [-0.25, -0.2) is 9.78 Å². The summed E-state index contributed by atoms with van der Waals surface area (Å²) in [6, 6.07) is 9.57. The fraction of sp³-hybridized carbons (Fsp3) is 0.143. The Morgan fingerprint density at radius 3 is 2.81 bits per heavy atom. The topological polar surface area (TPSA) is 94.4 Å². The Kier molecular flexibility index (Phi) is 4.45. The Hall–Kier alpha value is -2.96. The molecule has 1 aromatic heterocycles. The number of hydrogen-bond acceptors (Lipinski definition) is 6. The van der Waals surface area contributed by atoms with Crippen molar-refractivity contribution >= 4 is 17.5 Å². The van der Waals surface area contributed by atoms with Gasteiger partial charge in [0.15, 0.2) is 0 Å². The number of hydrogen-bond donors (Lipinski definition) is 1. The quantitative estimate of drug-likeness (QED) is 0.515. The number of carbonyl (C=O) groups is 1. The number of nitro groups is 1. The molecular weight excluding hydrogens is 274 g/mol. The maximum atomic E-state index is 11.6. The maximum Gasteiger partial charge on any atom is 0.341 e. The number of methoxy groups -OCH3 is 1. The van der Waals surface area contributed by atoms with Crippen molar-refractivity contribution < 1.29 is 14.5 Å². The first-order chi connectivity index (χ1) is 10.1. The Morgan fingerprint density at radius 2 is 2.10 bits per heavy atom. The summed E-state index contributed by atoms with van der Waals surface area (Å²) in [4.78, 5) is 26.2. The largest absolute Gasteiger partial charge is 0.465 e. The highest BCUT2D eigenvalue weighted by molar-refractivity contribution is 5.94. The molecule has 21 heavy (non-hydrogen) atoms. The van der Waals surface area contributed by atoms with Gasteiger partial charge in [0.25, 0.3) is 5.69 Å². The first-order valence-corrected chi connectivity index (χ1v) is 6.13. The summed E-state index contributed by atoms with van der Waals surface area (Å²) < 4.78 is 4.66. The van der Waals surface area contributed by atoms with Crippen LogP contribution in [0.15, 0.2) is 42.6 Å². The van der Waals surface area contributed by atoms with Crippen molar-refractivity contribution in [1.29, 1.82) is 0 Å². The van der Waals surface area contributed by atoms with Crippen LogP contribution in [-0.2, 0) is 11.3 Å². The van der Waals surface area contributed by atoms with Crippen LogP contribution in [0.1, 0.15) is 15.9 Å². The molecule has 108 valence electrons. The van der Waals surface area contributed by atoms with Gasteiger partial charge in [-0.1, -0.05) is 18.2 Å². The molecule has 0 spiro atoms. The minimum atomic E-state index is -0.520. The number of para-hydroxylation sites is 1. The zero-order valence-corrected chi connectivity index (χ0v) is 11.3. The fourth-order valence-electron chi connectivity index (χ4n) is 1.84. The van der Waals surface area contributed by atoms with Crippen molar-refractivity contribution in [3.8, 4) is 0 Å². The van der Waals surface area contributed by atoms with E-state index in [1.807, 2.05) is 0 Å². The highest BCUT2D eigenvalue weighted by Crippen LogP contribution is 2.20. The summed E-state index contributed by atoms with van der Waals surface area (Å²) in [6.45, 7) is 0.179. The number of rotatable bonds is 5. The third kappa shape index (κ3) is 3.33. The van der Waals surface area contributed by atoms with Gasteiger partial charge in [0.1, 0.15) is 11.4 Å². The summed E-state index contributed by atoms with van der Waals surface area (Å²) in [6.07, 6.45) is 1.52. The Labute approximate surface area is 120 Å². The molecule has 0 aliphatic carbocycles. The van der Waals surface area contributed by atoms with Gasteiger partial charge in [0.05, 0.1) is 12.0 Å². The first-order valence-electron chi connectivity index (χ1n) is 6.13. The number of nitro benzene ring substituents is 1. The number of esters is 1. The molecule has 1 aromatic carbocycles. The van der Waals surface area contributed by atoms with Crippen LogP contribution in [0.2, 0.25) is 0 Å². The molecule has 0 saturated heterocycles. The molecule has 0 aliphatic rings. The van der Waals surface area contributed by atoms with Crippen LogP contribution < -0.4 is 5.32 Å². The number of aromatic nitrogens is 1. The Balaban J connectivity index is 2.21. The fourth-order valence-corrected chi connectivity index (χ4v) is 1.84. The second-order valence-corrected chi connectivity index (χ2v) is 4.13. The molecule has 1 N–H and O–H groups in total. The molecule has 0 saturated carbocycles. The molecule has 7 heteroatoms. The van der Waals surface area contributed by atoms with Gasteiger partial charge in [0, 0.05) is 24.4 Å². The van der Waals surface area contributed by atoms with E-state index in [0.29, 0.717) is 11.4 Å². The summed E-state index contributed by atoms with van der Waals surface area (Å²) in [7, 11) is 1.28. The van der Waals surface area contributed by atoms with Gasteiger partial charge in [-0.05, 0) is 12.1 Å². The number of nitrogens with one attached hydrogen (secondary N) is 1. The van der Waals surface area contributed by atoms with Crippen LogP contribution in [0.5, 0.6) is 0 Å². The predicted molar refractivity (Wildman–Crippen MR) is 76.0 cm³/mol. The van der Waals surface area contributed by atoms with Crippen molar-refractivity contribution in [2.24, 2.45) is 0 Å². The normalized spacial score (nSPS) is 9.95.